The van der Waals surface area contributed by atoms with Crippen LogP contribution in [-0.4, -0.2) is 40.6 Å². The van der Waals surface area contributed by atoms with Gasteiger partial charge < -0.3 is 9.52 Å². The van der Waals surface area contributed by atoms with E-state index in [4.69, 9.17) is 9.52 Å². The first-order chi connectivity index (χ1) is 11.9. The number of imide groups is 1. The molecular formula is C18H13NO6. The van der Waals surface area contributed by atoms with Crippen LogP contribution >= 0.6 is 0 Å². The van der Waals surface area contributed by atoms with Crippen LogP contribution in [-0.2, 0) is 14.4 Å². The lowest BCUT2D eigenvalue weighted by atomic mass is 10.0. The highest BCUT2D eigenvalue weighted by atomic mass is 16.4. The molecule has 3 rings (SSSR count). The highest BCUT2D eigenvalue weighted by Crippen LogP contribution is 2.25. The van der Waals surface area contributed by atoms with E-state index in [-0.39, 0.29) is 23.3 Å². The first kappa shape index (κ1) is 16.4. The smallest absolute Gasteiger partial charge is 0.335 e. The van der Waals surface area contributed by atoms with Gasteiger partial charge in [-0.3, -0.25) is 19.3 Å². The van der Waals surface area contributed by atoms with Crippen LogP contribution in [0.1, 0.15) is 22.5 Å². The predicted octanol–water partition coefficient (Wildman–Crippen LogP) is 1.99. The molecule has 1 saturated heterocycles. The number of likely N-dealkylation sites (tertiary alicyclic amines) is 1. The molecule has 0 saturated carbocycles. The molecule has 1 aromatic heterocycles. The summed E-state index contributed by atoms with van der Waals surface area (Å²) in [5.74, 6) is -2.02. The Labute approximate surface area is 142 Å². The van der Waals surface area contributed by atoms with E-state index < -0.39 is 23.6 Å². The fourth-order valence-corrected chi connectivity index (χ4v) is 2.41. The quantitative estimate of drug-likeness (QED) is 0.397. The van der Waals surface area contributed by atoms with Crippen LogP contribution in [0.15, 0.2) is 46.4 Å². The molecular weight excluding hydrogens is 326 g/mol. The van der Waals surface area contributed by atoms with Crippen LogP contribution in [0.3, 0.4) is 0 Å². The summed E-state index contributed by atoms with van der Waals surface area (Å²) < 4.78 is 5.60. The van der Waals surface area contributed by atoms with E-state index in [1.54, 1.807) is 24.3 Å². The molecule has 0 radical (unpaired) electrons. The zero-order valence-electron chi connectivity index (χ0n) is 13.2. The number of carbonyl (C=O) groups is 4. The van der Waals surface area contributed by atoms with E-state index in [0.717, 1.165) is 4.90 Å². The van der Waals surface area contributed by atoms with E-state index in [1.165, 1.54) is 25.3 Å². The van der Waals surface area contributed by atoms with Gasteiger partial charge in [0.1, 0.15) is 11.5 Å². The number of nitrogens with zero attached hydrogens (tertiary/aromatic N) is 1. The van der Waals surface area contributed by atoms with Crippen molar-refractivity contribution in [1.82, 2.24) is 4.90 Å². The van der Waals surface area contributed by atoms with Gasteiger partial charge in [-0.1, -0.05) is 12.1 Å². The van der Waals surface area contributed by atoms with Gasteiger partial charge in [0.15, 0.2) is 5.78 Å². The molecule has 1 aromatic carbocycles. The summed E-state index contributed by atoms with van der Waals surface area (Å²) in [5.41, 5.74) is 0.705. The Hall–Kier alpha value is -3.48. The van der Waals surface area contributed by atoms with Gasteiger partial charge in [-0.25, -0.2) is 4.79 Å². The van der Waals surface area contributed by atoms with Crippen molar-refractivity contribution >= 4 is 29.6 Å². The minimum absolute atomic E-state index is 0.107. The molecule has 0 aliphatic carbocycles. The summed E-state index contributed by atoms with van der Waals surface area (Å²) in [6.07, 6.45) is 0.959. The van der Waals surface area contributed by atoms with Gasteiger partial charge in [-0.2, -0.15) is 0 Å². The monoisotopic (exact) mass is 339 g/mol. The number of Topliss-reactive ketones (excluding diaryl/α,β-unsaturated/α-hetero) is 1. The van der Waals surface area contributed by atoms with Crippen molar-refractivity contribution in [3.05, 3.63) is 53.3 Å². The molecule has 0 unspecified atom stereocenters. The van der Waals surface area contributed by atoms with Crippen molar-refractivity contribution in [2.45, 2.75) is 6.42 Å². The minimum Gasteiger partial charge on any atom is -0.478 e. The van der Waals surface area contributed by atoms with E-state index in [0.29, 0.717) is 11.3 Å². The fraction of sp³-hybridized carbons (Fsp3) is 0.111. The topological polar surface area (TPSA) is 105 Å². The zero-order valence-corrected chi connectivity index (χ0v) is 13.2. The van der Waals surface area contributed by atoms with Gasteiger partial charge in [-0.05, 0) is 30.3 Å². The van der Waals surface area contributed by atoms with Gasteiger partial charge in [0.05, 0.1) is 17.6 Å². The molecule has 0 bridgehead atoms. The Bertz CT molecular complexity index is 919. The summed E-state index contributed by atoms with van der Waals surface area (Å²) in [4.78, 5) is 47.2. The average molecular weight is 339 g/mol. The summed E-state index contributed by atoms with van der Waals surface area (Å²) in [5, 5.41) is 8.90. The van der Waals surface area contributed by atoms with Crippen molar-refractivity contribution in [2.24, 2.45) is 0 Å². The molecule has 0 atom stereocenters. The molecule has 126 valence electrons. The Morgan fingerprint density at radius 1 is 1.12 bits per heavy atom. The number of benzene rings is 1. The molecule has 0 spiro atoms. The molecule has 7 nitrogen and oxygen atoms in total. The fourth-order valence-electron chi connectivity index (χ4n) is 2.41. The molecule has 1 N–H and O–H groups in total. The SMILES string of the molecule is CN1C(=O)CC(=O)C(=Cc2ccc(-c3ccc(C(=O)O)cc3)o2)C1=O. The number of hydrogen-bond donors (Lipinski definition) is 1. The first-order valence-electron chi connectivity index (χ1n) is 7.36. The molecule has 1 aliphatic heterocycles. The molecule has 2 aromatic rings. The van der Waals surface area contributed by atoms with Gasteiger partial charge in [-0.15, -0.1) is 0 Å². The Kier molecular flexibility index (Phi) is 4.06. The Morgan fingerprint density at radius 3 is 2.44 bits per heavy atom. The Morgan fingerprint density at radius 2 is 1.80 bits per heavy atom. The lowest BCUT2D eigenvalue weighted by Gasteiger charge is -2.21. The second kappa shape index (κ2) is 6.20. The normalized spacial score (nSPS) is 16.6. The summed E-state index contributed by atoms with van der Waals surface area (Å²) in [6, 6.07) is 9.34. The van der Waals surface area contributed by atoms with E-state index in [9.17, 15) is 19.2 Å². The number of ketones is 1. The van der Waals surface area contributed by atoms with Gasteiger partial charge in [0, 0.05) is 12.6 Å². The second-order valence-corrected chi connectivity index (χ2v) is 5.50. The van der Waals surface area contributed by atoms with Crippen LogP contribution in [0.4, 0.5) is 0 Å². The molecule has 1 aliphatic rings. The van der Waals surface area contributed by atoms with Gasteiger partial charge >= 0.3 is 5.97 Å². The number of carbonyl (C=O) groups excluding carboxylic acids is 3. The number of carboxylic acids is 1. The lowest BCUT2D eigenvalue weighted by molar-refractivity contribution is -0.145. The first-order valence-corrected chi connectivity index (χ1v) is 7.36. The maximum absolute atomic E-state index is 12.0. The second-order valence-electron chi connectivity index (χ2n) is 5.50. The molecule has 2 heterocycles. The molecule has 7 heteroatoms. The third-order valence-corrected chi connectivity index (χ3v) is 3.85. The zero-order chi connectivity index (χ0) is 18.1. The number of amides is 2. The van der Waals surface area contributed by atoms with E-state index in [1.807, 2.05) is 0 Å². The predicted molar refractivity (Wildman–Crippen MR) is 86.5 cm³/mol. The van der Waals surface area contributed by atoms with Gasteiger partial charge in [0.2, 0.25) is 5.91 Å². The third kappa shape index (κ3) is 3.12. The van der Waals surface area contributed by atoms with Crippen molar-refractivity contribution in [3.63, 3.8) is 0 Å². The van der Waals surface area contributed by atoms with Crippen LogP contribution in [0.2, 0.25) is 0 Å². The lowest BCUT2D eigenvalue weighted by Crippen LogP contribution is -2.42. The van der Waals surface area contributed by atoms with Crippen molar-refractivity contribution in [2.75, 3.05) is 7.05 Å². The highest BCUT2D eigenvalue weighted by molar-refractivity contribution is 6.32. The van der Waals surface area contributed by atoms with Gasteiger partial charge in [0.25, 0.3) is 5.91 Å². The molecule has 1 fully saturated rings. The standard InChI is InChI=1S/C18H13NO6/c1-19-16(21)9-14(20)13(17(19)22)8-12-6-7-15(25-12)10-2-4-11(5-3-10)18(23)24/h2-8H,9H2,1H3,(H,23,24). The number of rotatable bonds is 3. The third-order valence-electron chi connectivity index (χ3n) is 3.85. The number of likely N-dealkylation sites (N-methyl/N-ethyl adjacent to an activating group) is 1. The van der Waals surface area contributed by atoms with E-state index >= 15 is 0 Å². The number of furan rings is 1. The largest absolute Gasteiger partial charge is 0.478 e. The maximum Gasteiger partial charge on any atom is 0.335 e. The molecule has 2 amide bonds. The van der Waals surface area contributed by atoms with Crippen LogP contribution < -0.4 is 0 Å². The minimum atomic E-state index is -1.02. The average Bonchev–Trinajstić information content (AvgIpc) is 3.05. The van der Waals surface area contributed by atoms with E-state index in [2.05, 4.69) is 0 Å². The summed E-state index contributed by atoms with van der Waals surface area (Å²) in [7, 11) is 1.32. The maximum atomic E-state index is 12.0. The van der Waals surface area contributed by atoms with Crippen LogP contribution in [0, 0.1) is 0 Å². The number of hydrogen-bond acceptors (Lipinski definition) is 5. The number of carboxylic acid groups (broad SMARTS) is 1. The van der Waals surface area contributed by atoms with Crippen molar-refractivity contribution in [1.29, 1.82) is 0 Å². The summed E-state index contributed by atoms with van der Waals surface area (Å²) >= 11 is 0. The van der Waals surface area contributed by atoms with Crippen molar-refractivity contribution in [3.8, 4) is 11.3 Å². The number of piperidine rings is 1. The number of aromatic carboxylic acids is 1. The Balaban J connectivity index is 1.88. The molecule has 25 heavy (non-hydrogen) atoms. The van der Waals surface area contributed by atoms with Crippen molar-refractivity contribution < 1.29 is 28.7 Å². The highest BCUT2D eigenvalue weighted by Gasteiger charge is 2.33. The van der Waals surface area contributed by atoms with Crippen LogP contribution in [0.25, 0.3) is 17.4 Å². The van der Waals surface area contributed by atoms with Crippen LogP contribution in [0.5, 0.6) is 0 Å². The summed E-state index contributed by atoms with van der Waals surface area (Å²) in [6.45, 7) is 0.